The van der Waals surface area contributed by atoms with Gasteiger partial charge in [-0.25, -0.2) is 10.1 Å². The van der Waals surface area contributed by atoms with Crippen LogP contribution in [0, 0.1) is 23.8 Å². The van der Waals surface area contributed by atoms with Crippen molar-refractivity contribution in [2.45, 2.75) is 46.0 Å². The van der Waals surface area contributed by atoms with E-state index < -0.39 is 0 Å². The number of halogens is 1. The third kappa shape index (κ3) is 4.48. The Hall–Kier alpha value is -2.47. The van der Waals surface area contributed by atoms with E-state index in [1.165, 1.54) is 24.8 Å². The highest BCUT2D eigenvalue weighted by Gasteiger charge is 2.32. The van der Waals surface area contributed by atoms with Crippen molar-refractivity contribution < 1.29 is 4.79 Å². The Labute approximate surface area is 190 Å². The van der Waals surface area contributed by atoms with Gasteiger partial charge in [-0.15, -0.1) is 11.3 Å². The molecule has 0 amide bonds. The van der Waals surface area contributed by atoms with Gasteiger partial charge in [0.05, 0.1) is 16.4 Å². The van der Waals surface area contributed by atoms with Crippen LogP contribution in [0.5, 0.6) is 0 Å². The summed E-state index contributed by atoms with van der Waals surface area (Å²) in [4.78, 5) is 17.4. The van der Waals surface area contributed by atoms with E-state index in [2.05, 4.69) is 40.7 Å². The molecule has 30 heavy (non-hydrogen) atoms. The summed E-state index contributed by atoms with van der Waals surface area (Å²) in [6, 6.07) is 11.3. The maximum Gasteiger partial charge on any atom is 0.270 e. The molecular formula is C25H23BrN2OS. The van der Waals surface area contributed by atoms with Gasteiger partial charge in [-0.2, -0.15) is 0 Å². The molecule has 1 aliphatic carbocycles. The van der Waals surface area contributed by atoms with E-state index in [-0.39, 0.29) is 11.5 Å². The molecule has 0 aliphatic heterocycles. The average Bonchev–Trinajstić information content (AvgIpc) is 3.24. The van der Waals surface area contributed by atoms with Gasteiger partial charge in [0.1, 0.15) is 0 Å². The van der Waals surface area contributed by atoms with Crippen molar-refractivity contribution in [2.75, 3.05) is 0 Å². The molecule has 0 saturated heterocycles. The van der Waals surface area contributed by atoms with Gasteiger partial charge in [0.25, 0.3) is 5.70 Å². The van der Waals surface area contributed by atoms with Crippen molar-refractivity contribution >= 4 is 44.7 Å². The molecule has 0 saturated carbocycles. The van der Waals surface area contributed by atoms with Crippen molar-refractivity contribution in [3.05, 3.63) is 78.4 Å². The Morgan fingerprint density at radius 3 is 2.70 bits per heavy atom. The number of carbonyl (C=O) groups is 1. The Morgan fingerprint density at radius 1 is 1.33 bits per heavy atom. The number of benzene rings is 1. The number of unbranched alkanes of at least 4 members (excludes halogenated alkanes) is 1. The zero-order valence-electron chi connectivity index (χ0n) is 17.2. The van der Waals surface area contributed by atoms with Crippen LogP contribution in [0.25, 0.3) is 16.5 Å². The summed E-state index contributed by atoms with van der Waals surface area (Å²) in [6.07, 6.45) is 7.68. The maximum atomic E-state index is 13.1. The first-order valence-electron chi connectivity index (χ1n) is 10.2. The highest BCUT2D eigenvalue weighted by atomic mass is 79.9. The summed E-state index contributed by atoms with van der Waals surface area (Å²) in [5, 5.41) is 9.46. The van der Waals surface area contributed by atoms with Gasteiger partial charge in [-0.1, -0.05) is 63.8 Å². The van der Waals surface area contributed by atoms with Crippen LogP contribution >= 0.6 is 27.3 Å². The summed E-state index contributed by atoms with van der Waals surface area (Å²) in [6.45, 7) is 11.9. The number of ketones is 1. The van der Waals surface area contributed by atoms with Crippen molar-refractivity contribution in [1.29, 1.82) is 5.26 Å². The van der Waals surface area contributed by atoms with Gasteiger partial charge in [0, 0.05) is 21.6 Å². The molecule has 1 aliphatic rings. The number of allylic oxidation sites excluding steroid dienone is 3. The van der Waals surface area contributed by atoms with Crippen molar-refractivity contribution in [3.63, 3.8) is 0 Å². The number of hydrogen-bond donors (Lipinski definition) is 0. The Morgan fingerprint density at radius 2 is 2.07 bits per heavy atom. The molecular weight excluding hydrogens is 456 g/mol. The van der Waals surface area contributed by atoms with Crippen LogP contribution in [0.15, 0.2) is 45.4 Å². The topological polar surface area (TPSA) is 45.2 Å². The first kappa shape index (κ1) is 22.2. The molecule has 1 aromatic carbocycles. The lowest BCUT2D eigenvalue weighted by molar-refractivity contribution is 0.104. The zero-order valence-corrected chi connectivity index (χ0v) is 19.6. The van der Waals surface area contributed by atoms with Crippen LogP contribution in [0.1, 0.15) is 65.9 Å². The number of fused-ring (bicyclic) bond motifs is 1. The van der Waals surface area contributed by atoms with Crippen LogP contribution in [0.3, 0.4) is 0 Å². The van der Waals surface area contributed by atoms with Crippen LogP contribution < -0.4 is 0 Å². The third-order valence-corrected chi connectivity index (χ3v) is 7.43. The van der Waals surface area contributed by atoms with Crippen LogP contribution in [0.4, 0.5) is 0 Å². The van der Waals surface area contributed by atoms with Gasteiger partial charge < -0.3 is 0 Å². The lowest BCUT2D eigenvalue weighted by Gasteiger charge is -2.13. The molecule has 0 bridgehead atoms. The van der Waals surface area contributed by atoms with E-state index in [0.29, 0.717) is 28.2 Å². The van der Waals surface area contributed by atoms with E-state index in [0.717, 1.165) is 21.5 Å². The quantitative estimate of drug-likeness (QED) is 0.232. The average molecular weight is 479 g/mol. The predicted octanol–water partition coefficient (Wildman–Crippen LogP) is 7.70. The third-order valence-electron chi connectivity index (χ3n) is 5.52. The molecule has 0 fully saturated rings. The standard InChI is InChI=1S/C25H23BrN2OS/c1-4-6-9-16(5-2)12-17-13-18(30-25(17)26)14-21-23(22(15-27)28-3)19-10-7-8-11-20(19)24(21)29/h7-8,10-11,13-14,16H,4-6,9,12H2,1-2H3/b21-14-,23-22+. The molecule has 5 heteroatoms. The summed E-state index contributed by atoms with van der Waals surface area (Å²) >= 11 is 5.29. The lowest BCUT2D eigenvalue weighted by Crippen LogP contribution is -2.02. The summed E-state index contributed by atoms with van der Waals surface area (Å²) in [5.41, 5.74) is 3.32. The van der Waals surface area contributed by atoms with Gasteiger partial charge in [-0.3, -0.25) is 4.79 Å². The number of nitrogens with zero attached hydrogens (tertiary/aromatic N) is 2. The molecule has 3 nitrogen and oxygen atoms in total. The van der Waals surface area contributed by atoms with Crippen molar-refractivity contribution in [2.24, 2.45) is 5.92 Å². The minimum atomic E-state index is -0.127. The van der Waals surface area contributed by atoms with Crippen molar-refractivity contribution in [1.82, 2.24) is 0 Å². The van der Waals surface area contributed by atoms with Gasteiger partial charge in [0.15, 0.2) is 5.78 Å². The fourth-order valence-electron chi connectivity index (χ4n) is 3.87. The molecule has 1 heterocycles. The van der Waals surface area contributed by atoms with Gasteiger partial charge in [-0.05, 0) is 51.5 Å². The Balaban J connectivity index is 2.01. The zero-order chi connectivity index (χ0) is 21.7. The molecule has 0 spiro atoms. The Bertz CT molecular complexity index is 1090. The highest BCUT2D eigenvalue weighted by molar-refractivity contribution is 9.11. The molecule has 2 aromatic rings. The largest absolute Gasteiger partial charge is 0.289 e. The second-order valence-electron chi connectivity index (χ2n) is 7.45. The van der Waals surface area contributed by atoms with Crippen molar-refractivity contribution in [3.8, 4) is 6.07 Å². The fourth-order valence-corrected chi connectivity index (χ4v) is 5.56. The van der Waals surface area contributed by atoms with Crippen LogP contribution in [0.2, 0.25) is 0 Å². The Kier molecular flexibility index (Phi) is 7.43. The van der Waals surface area contributed by atoms with E-state index in [9.17, 15) is 10.1 Å². The summed E-state index contributed by atoms with van der Waals surface area (Å²) in [5.74, 6) is 0.522. The molecule has 1 unspecified atom stereocenters. The molecule has 3 rings (SSSR count). The van der Waals surface area contributed by atoms with Crippen LogP contribution in [-0.2, 0) is 6.42 Å². The van der Waals surface area contributed by atoms with Gasteiger partial charge >= 0.3 is 0 Å². The van der Waals surface area contributed by atoms with E-state index in [1.807, 2.05) is 24.3 Å². The second-order valence-corrected chi connectivity index (χ2v) is 9.85. The molecule has 1 aromatic heterocycles. The summed E-state index contributed by atoms with van der Waals surface area (Å²) in [7, 11) is 0. The fraction of sp³-hybridized carbons (Fsp3) is 0.320. The SMILES string of the molecule is [C-]#[N+]/C(C#N)=C1/C(=C/c2cc(CC(CC)CCCC)c(Br)s2)C(=O)c2ccccc21. The molecule has 0 radical (unpaired) electrons. The lowest BCUT2D eigenvalue weighted by atomic mass is 9.93. The predicted molar refractivity (Wildman–Crippen MR) is 127 cm³/mol. The number of nitriles is 1. The van der Waals surface area contributed by atoms with E-state index in [4.69, 9.17) is 6.57 Å². The van der Waals surface area contributed by atoms with Crippen LogP contribution in [-0.4, -0.2) is 5.78 Å². The maximum absolute atomic E-state index is 13.1. The minimum absolute atomic E-state index is 0.0407. The van der Waals surface area contributed by atoms with Gasteiger partial charge in [0.2, 0.25) is 0 Å². The smallest absolute Gasteiger partial charge is 0.270 e. The highest BCUT2D eigenvalue weighted by Crippen LogP contribution is 2.41. The second kappa shape index (κ2) is 10.0. The normalized spacial score (nSPS) is 16.8. The monoisotopic (exact) mass is 478 g/mol. The number of Topliss-reactive ketones (excluding diaryl/α,β-unsaturated/α-hetero) is 1. The summed E-state index contributed by atoms with van der Waals surface area (Å²) < 4.78 is 1.09. The molecule has 0 N–H and O–H groups in total. The molecule has 1 atom stereocenters. The van der Waals surface area contributed by atoms with E-state index >= 15 is 0 Å². The first-order chi connectivity index (χ1) is 14.5. The molecule has 152 valence electrons. The number of rotatable bonds is 7. The number of carbonyl (C=O) groups excluding carboxylic acids is 1. The number of hydrogen-bond acceptors (Lipinski definition) is 3. The minimum Gasteiger partial charge on any atom is -0.289 e. The number of thiophene rings is 1. The van der Waals surface area contributed by atoms with E-state index in [1.54, 1.807) is 23.5 Å². The first-order valence-corrected chi connectivity index (χ1v) is 11.8.